The number of imide groups is 1. The Hall–Kier alpha value is -4.06. The molecule has 3 aromatic rings. The Kier molecular flexibility index (Phi) is 5.69. The minimum absolute atomic E-state index is 0.194. The van der Waals surface area contributed by atoms with Crippen LogP contribution in [0.1, 0.15) is 46.8 Å². The van der Waals surface area contributed by atoms with Gasteiger partial charge < -0.3 is 15.5 Å². The van der Waals surface area contributed by atoms with E-state index >= 15 is 0 Å². The Morgan fingerprint density at radius 3 is 2.25 bits per heavy atom. The second-order valence-electron chi connectivity index (χ2n) is 8.08. The molecule has 0 aliphatic carbocycles. The fourth-order valence-corrected chi connectivity index (χ4v) is 3.66. The lowest BCUT2D eigenvalue weighted by Gasteiger charge is -2.20. The van der Waals surface area contributed by atoms with E-state index in [0.29, 0.717) is 29.2 Å². The molecule has 0 saturated carbocycles. The normalized spacial score (nSPS) is 14.4. The van der Waals surface area contributed by atoms with E-state index in [1.165, 1.54) is 17.7 Å². The molecule has 0 aromatic heterocycles. The summed E-state index contributed by atoms with van der Waals surface area (Å²) in [6.45, 7) is 4.60. The molecule has 3 aromatic carbocycles. The molecule has 1 aliphatic rings. The van der Waals surface area contributed by atoms with Crippen molar-refractivity contribution in [2.75, 3.05) is 0 Å². The fraction of sp³-hybridized carbons (Fsp3) is 0.154. The third-order valence-electron chi connectivity index (χ3n) is 5.53. The Bertz CT molecular complexity index is 1230. The monoisotopic (exact) mass is 428 g/mol. The van der Waals surface area contributed by atoms with Crippen molar-refractivity contribution < 1.29 is 19.8 Å². The number of carbonyl (C=O) groups is 2. The van der Waals surface area contributed by atoms with E-state index in [-0.39, 0.29) is 11.5 Å². The van der Waals surface area contributed by atoms with Crippen LogP contribution in [0.4, 0.5) is 0 Å². The average Bonchev–Trinajstić information content (AvgIpc) is 2.78. The average molecular weight is 428 g/mol. The summed E-state index contributed by atoms with van der Waals surface area (Å²) >= 11 is 0. The van der Waals surface area contributed by atoms with E-state index < -0.39 is 11.8 Å². The van der Waals surface area contributed by atoms with Crippen molar-refractivity contribution in [3.63, 3.8) is 0 Å². The fourth-order valence-electron chi connectivity index (χ4n) is 3.66. The van der Waals surface area contributed by atoms with Gasteiger partial charge in [-0.3, -0.25) is 14.9 Å². The highest BCUT2D eigenvalue weighted by molar-refractivity contribution is 6.31. The van der Waals surface area contributed by atoms with Gasteiger partial charge in [-0.1, -0.05) is 50.2 Å². The van der Waals surface area contributed by atoms with Gasteiger partial charge in [0.1, 0.15) is 0 Å². The van der Waals surface area contributed by atoms with Crippen LogP contribution in [-0.2, 0) is 11.3 Å². The van der Waals surface area contributed by atoms with Crippen molar-refractivity contribution in [3.05, 3.63) is 89.1 Å². The predicted octanol–water partition coefficient (Wildman–Crippen LogP) is 4.29. The zero-order valence-corrected chi connectivity index (χ0v) is 17.8. The number of nitrogens with one attached hydrogen (secondary N) is 2. The van der Waals surface area contributed by atoms with Crippen molar-refractivity contribution in [1.29, 1.82) is 0 Å². The van der Waals surface area contributed by atoms with Crippen LogP contribution < -0.4 is 10.6 Å². The molecule has 4 rings (SSSR count). The first-order valence-corrected chi connectivity index (χ1v) is 10.4. The van der Waals surface area contributed by atoms with E-state index in [0.717, 1.165) is 16.7 Å². The molecular formula is C26H24N2O4. The molecule has 0 spiro atoms. The largest absolute Gasteiger partial charge is 0.504 e. The predicted molar refractivity (Wildman–Crippen MR) is 123 cm³/mol. The summed E-state index contributed by atoms with van der Waals surface area (Å²) in [7, 11) is 0. The lowest BCUT2D eigenvalue weighted by Crippen LogP contribution is -2.37. The number of phenols is 2. The first kappa shape index (κ1) is 21.2. The van der Waals surface area contributed by atoms with Gasteiger partial charge in [0.2, 0.25) is 0 Å². The number of rotatable bonds is 5. The Balaban J connectivity index is 1.64. The summed E-state index contributed by atoms with van der Waals surface area (Å²) in [6, 6.07) is 18.2. The van der Waals surface area contributed by atoms with Gasteiger partial charge in [0.15, 0.2) is 11.5 Å². The topological polar surface area (TPSA) is 98.7 Å². The van der Waals surface area contributed by atoms with Gasteiger partial charge in [-0.05, 0) is 52.4 Å². The maximum absolute atomic E-state index is 12.6. The van der Waals surface area contributed by atoms with Crippen molar-refractivity contribution in [2.45, 2.75) is 26.3 Å². The first-order chi connectivity index (χ1) is 15.3. The third kappa shape index (κ3) is 4.21. The molecule has 0 fully saturated rings. The zero-order valence-electron chi connectivity index (χ0n) is 17.8. The van der Waals surface area contributed by atoms with Gasteiger partial charge in [-0.15, -0.1) is 0 Å². The Labute approximate surface area is 186 Å². The van der Waals surface area contributed by atoms with Gasteiger partial charge in [0.25, 0.3) is 11.8 Å². The molecule has 0 atom stereocenters. The molecule has 1 heterocycles. The highest BCUT2D eigenvalue weighted by Crippen LogP contribution is 2.30. The van der Waals surface area contributed by atoms with Crippen LogP contribution in [0.5, 0.6) is 11.5 Å². The summed E-state index contributed by atoms with van der Waals surface area (Å²) in [4.78, 5) is 24.9. The standard InChI is InChI=1S/C26H24N2O4/c1-15(2)17-4-6-18(7-5-17)19-8-9-20-21(12-19)22(26(32)28-25(20)31)14-27-13-16-3-10-23(29)24(30)11-16/h3-12,14-15,27,29-30H,13H2,1-2H3,(H,28,31,32). The molecule has 162 valence electrons. The number of benzene rings is 3. The maximum Gasteiger partial charge on any atom is 0.260 e. The van der Waals surface area contributed by atoms with Gasteiger partial charge in [-0.25, -0.2) is 0 Å². The van der Waals surface area contributed by atoms with Crippen LogP contribution in [0, 0.1) is 0 Å². The van der Waals surface area contributed by atoms with Crippen LogP contribution in [0.15, 0.2) is 66.9 Å². The number of amides is 2. The van der Waals surface area contributed by atoms with Crippen molar-refractivity contribution in [3.8, 4) is 22.6 Å². The second kappa shape index (κ2) is 8.59. The number of aromatic hydroxyl groups is 2. The number of hydrogen-bond donors (Lipinski definition) is 4. The highest BCUT2D eigenvalue weighted by atomic mass is 16.3. The number of fused-ring (bicyclic) bond motifs is 1. The third-order valence-corrected chi connectivity index (χ3v) is 5.53. The minimum atomic E-state index is -0.476. The van der Waals surface area contributed by atoms with Crippen LogP contribution in [0.2, 0.25) is 0 Å². The van der Waals surface area contributed by atoms with Crippen molar-refractivity contribution in [1.82, 2.24) is 10.6 Å². The molecule has 2 amide bonds. The number of hydrogen-bond acceptors (Lipinski definition) is 5. The second-order valence-corrected chi connectivity index (χ2v) is 8.08. The molecule has 6 nitrogen and oxygen atoms in total. The first-order valence-electron chi connectivity index (χ1n) is 10.4. The molecule has 0 radical (unpaired) electrons. The smallest absolute Gasteiger partial charge is 0.260 e. The molecule has 32 heavy (non-hydrogen) atoms. The SMILES string of the molecule is CC(C)c1ccc(-c2ccc3c(c2)C(=CNCc2ccc(O)c(O)c2)C(=O)NC3=O)cc1. The van der Waals surface area contributed by atoms with Crippen LogP contribution in [0.25, 0.3) is 16.7 Å². The maximum atomic E-state index is 12.6. The quantitative estimate of drug-likeness (QED) is 0.276. The molecular weight excluding hydrogens is 404 g/mol. The highest BCUT2D eigenvalue weighted by Gasteiger charge is 2.27. The molecule has 4 N–H and O–H groups in total. The lowest BCUT2D eigenvalue weighted by atomic mass is 9.91. The summed E-state index contributed by atoms with van der Waals surface area (Å²) in [5.41, 5.74) is 5.23. The molecule has 0 saturated heterocycles. The van der Waals surface area contributed by atoms with Crippen molar-refractivity contribution >= 4 is 17.4 Å². The molecule has 1 aliphatic heterocycles. The van der Waals surface area contributed by atoms with Crippen molar-refractivity contribution in [2.24, 2.45) is 0 Å². The van der Waals surface area contributed by atoms with Crippen LogP contribution in [0.3, 0.4) is 0 Å². The van der Waals surface area contributed by atoms with E-state index in [1.807, 2.05) is 24.3 Å². The summed E-state index contributed by atoms with van der Waals surface area (Å²) < 4.78 is 0. The zero-order chi connectivity index (χ0) is 22.8. The van der Waals surface area contributed by atoms with Crippen LogP contribution >= 0.6 is 0 Å². The van der Waals surface area contributed by atoms with E-state index in [9.17, 15) is 19.8 Å². The van der Waals surface area contributed by atoms with E-state index in [4.69, 9.17) is 0 Å². The minimum Gasteiger partial charge on any atom is -0.504 e. The summed E-state index contributed by atoms with van der Waals surface area (Å²) in [5.74, 6) is -0.871. The number of carbonyl (C=O) groups excluding carboxylic acids is 2. The summed E-state index contributed by atoms with van der Waals surface area (Å²) in [5, 5.41) is 24.5. The van der Waals surface area contributed by atoms with Gasteiger partial charge >= 0.3 is 0 Å². The summed E-state index contributed by atoms with van der Waals surface area (Å²) in [6.07, 6.45) is 1.57. The number of phenolic OH excluding ortho intramolecular Hbond substituents is 2. The lowest BCUT2D eigenvalue weighted by molar-refractivity contribution is -0.114. The van der Waals surface area contributed by atoms with E-state index in [1.54, 1.807) is 18.3 Å². The van der Waals surface area contributed by atoms with Gasteiger partial charge in [0, 0.05) is 23.9 Å². The molecule has 0 unspecified atom stereocenters. The Morgan fingerprint density at radius 1 is 0.844 bits per heavy atom. The van der Waals surface area contributed by atoms with Gasteiger partial charge in [0.05, 0.1) is 5.57 Å². The molecule has 0 bridgehead atoms. The molecule has 6 heteroatoms. The van der Waals surface area contributed by atoms with E-state index in [2.05, 4.69) is 36.6 Å². The Morgan fingerprint density at radius 2 is 1.56 bits per heavy atom. The van der Waals surface area contributed by atoms with Gasteiger partial charge in [-0.2, -0.15) is 0 Å². The van der Waals surface area contributed by atoms with Crippen LogP contribution in [-0.4, -0.2) is 22.0 Å².